The molecule has 21 heavy (non-hydrogen) atoms. The summed E-state index contributed by atoms with van der Waals surface area (Å²) in [5.41, 5.74) is 9.47. The molecule has 0 radical (unpaired) electrons. The van der Waals surface area contributed by atoms with Gasteiger partial charge < -0.3 is 5.73 Å². The summed E-state index contributed by atoms with van der Waals surface area (Å²) in [6.07, 6.45) is 1.12. The Morgan fingerprint density at radius 3 is 2.81 bits per heavy atom. The summed E-state index contributed by atoms with van der Waals surface area (Å²) in [5.74, 6) is 0. The van der Waals surface area contributed by atoms with Crippen LogP contribution >= 0.6 is 11.8 Å². The van der Waals surface area contributed by atoms with E-state index in [2.05, 4.69) is 47.1 Å². The molecule has 1 unspecified atom stereocenters. The van der Waals surface area contributed by atoms with Crippen molar-refractivity contribution in [3.8, 4) is 0 Å². The molecule has 0 amide bonds. The number of para-hydroxylation sites is 1. The van der Waals surface area contributed by atoms with Crippen LogP contribution in [0.15, 0.2) is 53.4 Å². The predicted octanol–water partition coefficient (Wildman–Crippen LogP) is 3.21. The van der Waals surface area contributed by atoms with E-state index in [-0.39, 0.29) is 0 Å². The summed E-state index contributed by atoms with van der Waals surface area (Å²) in [7, 11) is 0. The molecule has 106 valence electrons. The third-order valence-corrected chi connectivity index (χ3v) is 5.32. The minimum Gasteiger partial charge on any atom is -0.325 e. The molecule has 0 bridgehead atoms. The van der Waals surface area contributed by atoms with Gasteiger partial charge in [0.05, 0.1) is 17.8 Å². The third kappa shape index (κ3) is 2.24. The van der Waals surface area contributed by atoms with Gasteiger partial charge in [0, 0.05) is 22.1 Å². The second-order valence-electron chi connectivity index (χ2n) is 5.40. The number of aromatic nitrogens is 2. The lowest BCUT2D eigenvalue weighted by atomic mass is 10.1. The summed E-state index contributed by atoms with van der Waals surface area (Å²) in [4.78, 5) is 1.41. The molecular weight excluding hydrogens is 278 g/mol. The molecule has 4 rings (SSSR count). The number of hydrogen-bond acceptors (Lipinski definition) is 3. The average Bonchev–Trinajstić information content (AvgIpc) is 3.08. The fourth-order valence-electron chi connectivity index (χ4n) is 3.03. The number of rotatable bonds is 3. The highest BCUT2D eigenvalue weighted by Crippen LogP contribution is 2.37. The Balaban J connectivity index is 1.64. The van der Waals surface area contributed by atoms with Gasteiger partial charge in [-0.1, -0.05) is 36.4 Å². The van der Waals surface area contributed by atoms with Gasteiger partial charge in [-0.05, 0) is 24.1 Å². The third-order valence-electron chi connectivity index (χ3n) is 4.02. The van der Waals surface area contributed by atoms with Crippen LogP contribution in [0, 0.1) is 0 Å². The summed E-state index contributed by atoms with van der Waals surface area (Å²) in [5, 5.41) is 6.45. The second-order valence-corrected chi connectivity index (χ2v) is 6.74. The Labute approximate surface area is 128 Å². The monoisotopic (exact) mass is 295 g/mol. The zero-order valence-corrected chi connectivity index (χ0v) is 12.5. The van der Waals surface area contributed by atoms with Gasteiger partial charge in [0.2, 0.25) is 0 Å². The fourth-order valence-corrected chi connectivity index (χ4v) is 4.33. The van der Waals surface area contributed by atoms with Crippen LogP contribution in [0.1, 0.15) is 11.3 Å². The standard InChI is InChI=1S/C17H17N3S/c18-10-15-14-6-2-3-7-16(14)20(19-15)11-13-9-12-5-1-4-8-17(12)21-13/h1-8,13H,9-11,18H2. The van der Waals surface area contributed by atoms with Gasteiger partial charge in [0.15, 0.2) is 0 Å². The molecule has 4 heteroatoms. The zero-order chi connectivity index (χ0) is 14.2. The van der Waals surface area contributed by atoms with Crippen molar-refractivity contribution in [3.05, 3.63) is 59.8 Å². The number of fused-ring (bicyclic) bond motifs is 2. The van der Waals surface area contributed by atoms with Crippen molar-refractivity contribution in [1.29, 1.82) is 0 Å². The van der Waals surface area contributed by atoms with E-state index in [9.17, 15) is 0 Å². The van der Waals surface area contributed by atoms with Gasteiger partial charge >= 0.3 is 0 Å². The second kappa shape index (κ2) is 5.20. The first-order valence-electron chi connectivity index (χ1n) is 7.24. The molecule has 2 heterocycles. The Kier molecular flexibility index (Phi) is 3.20. The lowest BCUT2D eigenvalue weighted by Crippen LogP contribution is -2.13. The van der Waals surface area contributed by atoms with E-state index in [0.717, 1.165) is 18.7 Å². The van der Waals surface area contributed by atoms with E-state index in [4.69, 9.17) is 10.8 Å². The summed E-state index contributed by atoms with van der Waals surface area (Å²) < 4.78 is 2.13. The molecule has 3 nitrogen and oxygen atoms in total. The molecule has 1 aliphatic heterocycles. The quantitative estimate of drug-likeness (QED) is 0.807. The molecule has 0 saturated carbocycles. The van der Waals surface area contributed by atoms with E-state index < -0.39 is 0 Å². The van der Waals surface area contributed by atoms with Crippen LogP contribution in [0.4, 0.5) is 0 Å². The van der Waals surface area contributed by atoms with Crippen molar-refractivity contribution in [1.82, 2.24) is 9.78 Å². The van der Waals surface area contributed by atoms with Gasteiger partial charge in [-0.25, -0.2) is 0 Å². The first-order chi connectivity index (χ1) is 10.3. The number of nitrogens with two attached hydrogens (primary N) is 1. The van der Waals surface area contributed by atoms with Crippen LogP contribution in [-0.4, -0.2) is 15.0 Å². The molecule has 1 aliphatic rings. The maximum absolute atomic E-state index is 5.83. The van der Waals surface area contributed by atoms with Crippen LogP contribution in [0.2, 0.25) is 0 Å². The highest BCUT2D eigenvalue weighted by atomic mass is 32.2. The van der Waals surface area contributed by atoms with E-state index in [1.807, 2.05) is 17.8 Å². The van der Waals surface area contributed by atoms with Gasteiger partial charge in [-0.3, -0.25) is 4.68 Å². The highest BCUT2D eigenvalue weighted by molar-refractivity contribution is 8.00. The van der Waals surface area contributed by atoms with E-state index in [0.29, 0.717) is 11.8 Å². The van der Waals surface area contributed by atoms with Crippen molar-refractivity contribution >= 4 is 22.7 Å². The Morgan fingerprint density at radius 1 is 1.14 bits per heavy atom. The molecule has 0 spiro atoms. The molecule has 1 atom stereocenters. The fraction of sp³-hybridized carbons (Fsp3) is 0.235. The normalized spacial score (nSPS) is 17.3. The maximum atomic E-state index is 5.83. The Bertz CT molecular complexity index is 769. The van der Waals surface area contributed by atoms with Crippen molar-refractivity contribution in [2.24, 2.45) is 5.73 Å². The Morgan fingerprint density at radius 2 is 1.95 bits per heavy atom. The first kappa shape index (κ1) is 12.9. The van der Waals surface area contributed by atoms with Crippen molar-refractivity contribution in [3.63, 3.8) is 0 Å². The minimum absolute atomic E-state index is 0.492. The van der Waals surface area contributed by atoms with Crippen molar-refractivity contribution in [2.45, 2.75) is 29.7 Å². The van der Waals surface area contributed by atoms with Gasteiger partial charge in [-0.2, -0.15) is 5.10 Å². The largest absolute Gasteiger partial charge is 0.325 e. The van der Waals surface area contributed by atoms with Crippen LogP contribution in [-0.2, 0) is 19.5 Å². The van der Waals surface area contributed by atoms with E-state index >= 15 is 0 Å². The molecular formula is C17H17N3S. The average molecular weight is 295 g/mol. The molecule has 0 fully saturated rings. The minimum atomic E-state index is 0.492. The molecule has 1 aromatic heterocycles. The SMILES string of the molecule is NCc1nn(CC2Cc3ccccc3S2)c2ccccc12. The zero-order valence-electron chi connectivity index (χ0n) is 11.7. The summed E-state index contributed by atoms with van der Waals surface area (Å²) in [6.45, 7) is 1.42. The number of nitrogens with zero attached hydrogens (tertiary/aromatic N) is 2. The van der Waals surface area contributed by atoms with Crippen LogP contribution in [0.5, 0.6) is 0 Å². The van der Waals surface area contributed by atoms with Crippen molar-refractivity contribution in [2.75, 3.05) is 0 Å². The van der Waals surface area contributed by atoms with Gasteiger partial charge in [-0.15, -0.1) is 11.8 Å². The van der Waals surface area contributed by atoms with Gasteiger partial charge in [0.25, 0.3) is 0 Å². The van der Waals surface area contributed by atoms with Crippen molar-refractivity contribution < 1.29 is 0 Å². The predicted molar refractivity (Wildman–Crippen MR) is 87.4 cm³/mol. The molecule has 0 saturated heterocycles. The van der Waals surface area contributed by atoms with Crippen LogP contribution < -0.4 is 5.73 Å². The van der Waals surface area contributed by atoms with Crippen LogP contribution in [0.25, 0.3) is 10.9 Å². The topological polar surface area (TPSA) is 43.8 Å². The van der Waals surface area contributed by atoms with Gasteiger partial charge in [0.1, 0.15) is 0 Å². The van der Waals surface area contributed by atoms with Crippen LogP contribution in [0.3, 0.4) is 0 Å². The number of thioether (sulfide) groups is 1. The highest BCUT2D eigenvalue weighted by Gasteiger charge is 2.23. The number of benzene rings is 2. The molecule has 2 N–H and O–H groups in total. The summed E-state index contributed by atoms with van der Waals surface area (Å²) >= 11 is 1.96. The lowest BCUT2D eigenvalue weighted by molar-refractivity contribution is 0.604. The first-order valence-corrected chi connectivity index (χ1v) is 8.12. The molecule has 2 aromatic carbocycles. The molecule has 3 aromatic rings. The Hall–Kier alpha value is -1.78. The number of hydrogen-bond donors (Lipinski definition) is 1. The van der Waals surface area contributed by atoms with E-state index in [1.54, 1.807) is 0 Å². The van der Waals surface area contributed by atoms with E-state index in [1.165, 1.54) is 21.4 Å². The maximum Gasteiger partial charge on any atom is 0.0838 e. The lowest BCUT2D eigenvalue weighted by Gasteiger charge is -2.09. The smallest absolute Gasteiger partial charge is 0.0838 e. The molecule has 0 aliphatic carbocycles. The summed E-state index contributed by atoms with van der Waals surface area (Å²) in [6, 6.07) is 17.0.